The van der Waals surface area contributed by atoms with E-state index in [0.29, 0.717) is 5.56 Å². The van der Waals surface area contributed by atoms with Gasteiger partial charge >= 0.3 is 5.97 Å². The fraction of sp³-hybridized carbons (Fsp3) is 0.476. The Kier molecular flexibility index (Phi) is 6.79. The summed E-state index contributed by atoms with van der Waals surface area (Å²) in [7, 11) is 0. The minimum Gasteiger partial charge on any atom is -0.508 e. The third-order valence-electron chi connectivity index (χ3n) is 5.07. The van der Waals surface area contributed by atoms with E-state index in [4.69, 9.17) is 14.2 Å². The van der Waals surface area contributed by atoms with Crippen LogP contribution in [0.1, 0.15) is 30.9 Å². The van der Waals surface area contributed by atoms with Crippen LogP contribution >= 0.6 is 0 Å². The van der Waals surface area contributed by atoms with Crippen molar-refractivity contribution in [2.45, 2.75) is 56.6 Å². The minimum absolute atomic E-state index is 0.0503. The van der Waals surface area contributed by atoms with Crippen molar-refractivity contribution in [1.29, 1.82) is 0 Å². The van der Waals surface area contributed by atoms with Gasteiger partial charge < -0.3 is 39.7 Å². The number of fused-ring (bicyclic) bond motifs is 2. The number of aliphatic hydroxyl groups is 3. The number of allylic oxidation sites excluding steroid dienone is 3. The minimum atomic E-state index is -1.97. The van der Waals surface area contributed by atoms with Crippen LogP contribution in [0.2, 0.25) is 0 Å². The first-order chi connectivity index (χ1) is 14.3. The molecule has 30 heavy (non-hydrogen) atoms. The number of hydrogen-bond donors (Lipinski definition) is 5. The molecule has 9 nitrogen and oxygen atoms in total. The second-order valence-electron chi connectivity index (χ2n) is 7.21. The Labute approximate surface area is 173 Å². The predicted molar refractivity (Wildman–Crippen MR) is 103 cm³/mol. The number of aromatic hydroxyl groups is 2. The van der Waals surface area contributed by atoms with Gasteiger partial charge in [0.1, 0.15) is 29.8 Å². The maximum absolute atomic E-state index is 12.3. The summed E-state index contributed by atoms with van der Waals surface area (Å²) in [6.07, 6.45) is 1.93. The van der Waals surface area contributed by atoms with Gasteiger partial charge in [-0.1, -0.05) is 31.6 Å². The van der Waals surface area contributed by atoms with E-state index in [2.05, 4.69) is 0 Å². The van der Waals surface area contributed by atoms with Crippen LogP contribution in [0.5, 0.6) is 11.5 Å². The van der Waals surface area contributed by atoms with Crippen molar-refractivity contribution < 1.29 is 44.5 Å². The maximum atomic E-state index is 12.3. The topological polar surface area (TPSA) is 146 Å². The fourth-order valence-corrected chi connectivity index (χ4v) is 3.68. The summed E-state index contributed by atoms with van der Waals surface area (Å²) in [4.78, 5) is 12.3. The van der Waals surface area contributed by atoms with Crippen molar-refractivity contribution in [2.75, 3.05) is 6.61 Å². The van der Waals surface area contributed by atoms with E-state index in [1.54, 1.807) is 6.08 Å². The first-order valence-electron chi connectivity index (χ1n) is 9.72. The van der Waals surface area contributed by atoms with Gasteiger partial charge in [0, 0.05) is 12.1 Å². The molecule has 2 aliphatic heterocycles. The Morgan fingerprint density at radius 1 is 1.27 bits per heavy atom. The van der Waals surface area contributed by atoms with Crippen LogP contribution in [-0.4, -0.2) is 62.5 Å². The van der Waals surface area contributed by atoms with Gasteiger partial charge in [-0.3, -0.25) is 0 Å². The quantitative estimate of drug-likeness (QED) is 0.254. The number of unbranched alkanes of at least 4 members (excludes halogenated alkanes) is 1. The molecule has 2 heterocycles. The zero-order chi connectivity index (χ0) is 21.9. The SMILES string of the molecule is CCC/C=C/C=C/C(=O)O[C@@H]1[C@@H](O)[C@H](O)[C@@H](CO)O[C@]12OCc1cc(O)cc(O)c12. The molecule has 0 amide bonds. The lowest BCUT2D eigenvalue weighted by molar-refractivity contribution is -0.369. The molecule has 1 fully saturated rings. The van der Waals surface area contributed by atoms with E-state index in [0.717, 1.165) is 25.0 Å². The van der Waals surface area contributed by atoms with Gasteiger partial charge in [0.2, 0.25) is 5.79 Å². The van der Waals surface area contributed by atoms with Crippen LogP contribution in [0.25, 0.3) is 0 Å². The summed E-state index contributed by atoms with van der Waals surface area (Å²) in [5, 5.41) is 50.7. The van der Waals surface area contributed by atoms with Crippen molar-refractivity contribution in [3.05, 3.63) is 47.6 Å². The van der Waals surface area contributed by atoms with Crippen molar-refractivity contribution in [3.63, 3.8) is 0 Å². The van der Waals surface area contributed by atoms with E-state index in [1.807, 2.05) is 13.0 Å². The molecule has 3 rings (SSSR count). The van der Waals surface area contributed by atoms with E-state index in [9.17, 15) is 30.3 Å². The molecule has 1 spiro atoms. The average molecular weight is 422 g/mol. The fourth-order valence-electron chi connectivity index (χ4n) is 3.68. The van der Waals surface area contributed by atoms with Crippen LogP contribution in [-0.2, 0) is 31.4 Å². The summed E-state index contributed by atoms with van der Waals surface area (Å²) in [6.45, 7) is 1.24. The van der Waals surface area contributed by atoms with Gasteiger partial charge in [0.15, 0.2) is 6.10 Å². The van der Waals surface area contributed by atoms with Gasteiger partial charge in [-0.15, -0.1) is 0 Å². The molecule has 0 unspecified atom stereocenters. The number of esters is 1. The third kappa shape index (κ3) is 4.07. The summed E-state index contributed by atoms with van der Waals surface area (Å²) < 4.78 is 16.8. The molecule has 164 valence electrons. The molecule has 2 aliphatic rings. The molecule has 0 radical (unpaired) electrons. The molecule has 0 aliphatic carbocycles. The van der Waals surface area contributed by atoms with Crippen molar-refractivity contribution in [2.24, 2.45) is 0 Å². The van der Waals surface area contributed by atoms with E-state index >= 15 is 0 Å². The van der Waals surface area contributed by atoms with E-state index in [-0.39, 0.29) is 17.9 Å². The Morgan fingerprint density at radius 3 is 2.73 bits per heavy atom. The van der Waals surface area contributed by atoms with Crippen LogP contribution in [0.3, 0.4) is 0 Å². The van der Waals surface area contributed by atoms with Crippen LogP contribution in [0.15, 0.2) is 36.4 Å². The number of carbonyl (C=O) groups is 1. The van der Waals surface area contributed by atoms with Gasteiger partial charge in [0.25, 0.3) is 0 Å². The monoisotopic (exact) mass is 422 g/mol. The standard InChI is InChI=1S/C21H26O9/c1-2-3-4-5-6-7-16(25)29-20-19(27)18(26)15(10-22)30-21(20)17-12(11-28-21)8-13(23)9-14(17)24/h4-9,15,18-20,22-24,26-27H,2-3,10-11H2,1H3/b5-4+,7-6+/t15-,18-,19+,20-,21+/m1/s1. The third-order valence-corrected chi connectivity index (χ3v) is 5.07. The second-order valence-corrected chi connectivity index (χ2v) is 7.21. The predicted octanol–water partition coefficient (Wildman–Crippen LogP) is 0.718. The lowest BCUT2D eigenvalue weighted by Crippen LogP contribution is -2.64. The molecule has 5 N–H and O–H groups in total. The Bertz CT molecular complexity index is 834. The van der Waals surface area contributed by atoms with Crippen LogP contribution < -0.4 is 0 Å². The molecule has 9 heteroatoms. The molecule has 0 saturated carbocycles. The molecule has 0 aromatic heterocycles. The molecule has 1 aromatic carbocycles. The Balaban J connectivity index is 1.95. The zero-order valence-corrected chi connectivity index (χ0v) is 16.5. The first-order valence-corrected chi connectivity index (χ1v) is 9.72. The van der Waals surface area contributed by atoms with Gasteiger partial charge in [-0.2, -0.15) is 0 Å². The number of rotatable bonds is 6. The number of hydrogen-bond acceptors (Lipinski definition) is 9. The average Bonchev–Trinajstić information content (AvgIpc) is 3.07. The molecular formula is C21H26O9. The van der Waals surface area contributed by atoms with E-state index < -0.39 is 48.5 Å². The summed E-state index contributed by atoms with van der Waals surface area (Å²) in [5.41, 5.74) is 0.404. The molecular weight excluding hydrogens is 396 g/mol. The highest BCUT2D eigenvalue weighted by atomic mass is 16.7. The van der Waals surface area contributed by atoms with Crippen LogP contribution in [0, 0.1) is 0 Å². The van der Waals surface area contributed by atoms with Crippen molar-refractivity contribution in [1.82, 2.24) is 0 Å². The number of phenolic OH excluding ortho intramolecular Hbond substituents is 2. The zero-order valence-electron chi connectivity index (χ0n) is 16.5. The molecule has 5 atom stereocenters. The maximum Gasteiger partial charge on any atom is 0.331 e. The molecule has 1 saturated heterocycles. The molecule has 0 bridgehead atoms. The lowest BCUT2D eigenvalue weighted by Gasteiger charge is -2.47. The largest absolute Gasteiger partial charge is 0.508 e. The van der Waals surface area contributed by atoms with Crippen molar-refractivity contribution >= 4 is 5.97 Å². The smallest absolute Gasteiger partial charge is 0.331 e. The van der Waals surface area contributed by atoms with E-state index in [1.165, 1.54) is 12.1 Å². The highest BCUT2D eigenvalue weighted by molar-refractivity contribution is 5.82. The number of phenols is 2. The second kappa shape index (κ2) is 9.15. The Morgan fingerprint density at radius 2 is 2.03 bits per heavy atom. The van der Waals surface area contributed by atoms with Gasteiger partial charge in [0.05, 0.1) is 18.8 Å². The number of carbonyl (C=O) groups excluding carboxylic acids is 1. The highest BCUT2D eigenvalue weighted by Gasteiger charge is 2.61. The molecule has 1 aromatic rings. The summed E-state index contributed by atoms with van der Waals surface area (Å²) in [6, 6.07) is 2.40. The normalized spacial score (nSPS) is 30.9. The van der Waals surface area contributed by atoms with Gasteiger partial charge in [-0.25, -0.2) is 4.79 Å². The number of aliphatic hydroxyl groups excluding tert-OH is 3. The van der Waals surface area contributed by atoms with Gasteiger partial charge in [-0.05, 0) is 18.1 Å². The van der Waals surface area contributed by atoms with Crippen molar-refractivity contribution in [3.8, 4) is 11.5 Å². The Hall–Kier alpha value is -2.43. The number of benzene rings is 1. The first kappa shape index (κ1) is 22.3. The number of ether oxygens (including phenoxy) is 3. The lowest BCUT2D eigenvalue weighted by atomic mass is 9.86. The summed E-state index contributed by atoms with van der Waals surface area (Å²) in [5.74, 6) is -3.41. The highest BCUT2D eigenvalue weighted by Crippen LogP contribution is 2.51. The summed E-state index contributed by atoms with van der Waals surface area (Å²) >= 11 is 0. The van der Waals surface area contributed by atoms with Crippen LogP contribution in [0.4, 0.5) is 0 Å².